The van der Waals surface area contributed by atoms with Gasteiger partial charge in [0, 0.05) is 0 Å². The number of aryl methyl sites for hydroxylation is 1. The van der Waals surface area contributed by atoms with Crippen LogP contribution in [0.1, 0.15) is 38.8 Å². The van der Waals surface area contributed by atoms with E-state index in [0.29, 0.717) is 5.92 Å². The monoisotopic (exact) mass is 248 g/mol. The maximum Gasteiger partial charge on any atom is 0.242 e. The summed E-state index contributed by atoms with van der Waals surface area (Å²) in [5, 5.41) is 3.27. The van der Waals surface area contributed by atoms with E-state index in [0.717, 1.165) is 18.5 Å². The molecule has 0 saturated carbocycles. The van der Waals surface area contributed by atoms with Gasteiger partial charge in [-0.15, -0.1) is 0 Å². The van der Waals surface area contributed by atoms with Crippen LogP contribution in [0.3, 0.4) is 0 Å². The number of benzene rings is 1. The van der Waals surface area contributed by atoms with Crippen molar-refractivity contribution >= 4 is 5.91 Å². The van der Waals surface area contributed by atoms with Crippen molar-refractivity contribution in [3.63, 3.8) is 0 Å². The van der Waals surface area contributed by atoms with Gasteiger partial charge in [-0.05, 0) is 36.9 Å². The highest BCUT2D eigenvalue weighted by Crippen LogP contribution is 2.21. The highest BCUT2D eigenvalue weighted by molar-refractivity contribution is 5.85. The minimum absolute atomic E-state index is 0.340. The van der Waals surface area contributed by atoms with Crippen molar-refractivity contribution in [3.05, 3.63) is 35.4 Å². The predicted molar refractivity (Wildman–Crippen MR) is 75.2 cm³/mol. The number of carbonyl (C=O) groups excluding carboxylic acids is 1. The van der Waals surface area contributed by atoms with Gasteiger partial charge in [0.1, 0.15) is 5.54 Å². The van der Waals surface area contributed by atoms with E-state index in [-0.39, 0.29) is 5.91 Å². The molecule has 1 rings (SSSR count). The molecule has 0 fully saturated rings. The zero-order chi connectivity index (χ0) is 13.8. The fraction of sp³-hybridized carbons (Fsp3) is 0.533. The molecule has 3 heteroatoms. The first-order valence-electron chi connectivity index (χ1n) is 6.54. The Morgan fingerprint density at radius 1 is 1.33 bits per heavy atom. The van der Waals surface area contributed by atoms with Gasteiger partial charge < -0.3 is 5.73 Å². The summed E-state index contributed by atoms with van der Waals surface area (Å²) in [5.74, 6) is 0.131. The minimum Gasteiger partial charge on any atom is -0.368 e. The lowest BCUT2D eigenvalue weighted by Gasteiger charge is -2.29. The van der Waals surface area contributed by atoms with Crippen LogP contribution in [0.4, 0.5) is 0 Å². The molecular formula is C15H24N2O. The molecule has 0 aliphatic carbocycles. The third-order valence-electron chi connectivity index (χ3n) is 3.30. The van der Waals surface area contributed by atoms with Crippen LogP contribution >= 0.6 is 0 Å². The summed E-state index contributed by atoms with van der Waals surface area (Å²) in [6.07, 6.45) is 0.993. The van der Waals surface area contributed by atoms with Crippen molar-refractivity contribution in [3.8, 4) is 0 Å². The van der Waals surface area contributed by atoms with Gasteiger partial charge >= 0.3 is 0 Å². The molecule has 18 heavy (non-hydrogen) atoms. The summed E-state index contributed by atoms with van der Waals surface area (Å²) in [7, 11) is 0. The Hall–Kier alpha value is -1.35. The molecular weight excluding hydrogens is 224 g/mol. The average molecular weight is 248 g/mol. The van der Waals surface area contributed by atoms with Gasteiger partial charge in [0.15, 0.2) is 0 Å². The Morgan fingerprint density at radius 3 is 2.28 bits per heavy atom. The van der Waals surface area contributed by atoms with Crippen LogP contribution in [-0.2, 0) is 16.8 Å². The average Bonchev–Trinajstić information content (AvgIpc) is 2.35. The predicted octanol–water partition coefficient (Wildman–Crippen LogP) is 2.20. The molecule has 1 aromatic carbocycles. The molecule has 0 aromatic heterocycles. The van der Waals surface area contributed by atoms with Crippen LogP contribution in [0, 0.1) is 5.92 Å². The maximum atomic E-state index is 11.7. The van der Waals surface area contributed by atoms with Crippen LogP contribution in [0.25, 0.3) is 0 Å². The highest BCUT2D eigenvalue weighted by atomic mass is 16.1. The summed E-state index contributed by atoms with van der Waals surface area (Å²) in [4.78, 5) is 11.7. The number of nitrogens with two attached hydrogens (primary N) is 1. The van der Waals surface area contributed by atoms with E-state index in [1.54, 1.807) is 0 Å². The Labute approximate surface area is 110 Å². The standard InChI is InChI=1S/C15H24N2O/c1-5-12-6-8-13(9-7-12)15(4,14(16)18)17-10-11(2)3/h6-9,11,17H,5,10H2,1-4H3,(H2,16,18). The lowest BCUT2D eigenvalue weighted by molar-refractivity contribution is -0.124. The van der Waals surface area contributed by atoms with Crippen molar-refractivity contribution in [1.82, 2.24) is 5.32 Å². The molecule has 100 valence electrons. The van der Waals surface area contributed by atoms with E-state index in [2.05, 4.69) is 26.1 Å². The molecule has 0 aliphatic heterocycles. The number of hydrogen-bond donors (Lipinski definition) is 2. The maximum absolute atomic E-state index is 11.7. The van der Waals surface area contributed by atoms with Crippen molar-refractivity contribution in [2.75, 3.05) is 6.54 Å². The Kier molecular flexibility index (Phi) is 4.91. The van der Waals surface area contributed by atoms with Gasteiger partial charge in [-0.3, -0.25) is 10.1 Å². The molecule has 0 spiro atoms. The zero-order valence-corrected chi connectivity index (χ0v) is 11.8. The van der Waals surface area contributed by atoms with Crippen molar-refractivity contribution in [2.24, 2.45) is 11.7 Å². The molecule has 1 unspecified atom stereocenters. The molecule has 3 nitrogen and oxygen atoms in total. The van der Waals surface area contributed by atoms with Crippen LogP contribution in [0.15, 0.2) is 24.3 Å². The summed E-state index contributed by atoms with van der Waals surface area (Å²) < 4.78 is 0. The van der Waals surface area contributed by atoms with Crippen molar-refractivity contribution < 1.29 is 4.79 Å². The van der Waals surface area contributed by atoms with Gasteiger partial charge in [0.2, 0.25) is 5.91 Å². The van der Waals surface area contributed by atoms with Gasteiger partial charge in [0.25, 0.3) is 0 Å². The lowest BCUT2D eigenvalue weighted by atomic mass is 9.89. The van der Waals surface area contributed by atoms with Crippen LogP contribution in [-0.4, -0.2) is 12.5 Å². The quantitative estimate of drug-likeness (QED) is 0.811. The third kappa shape index (κ3) is 3.33. The van der Waals surface area contributed by atoms with Crippen LogP contribution in [0.2, 0.25) is 0 Å². The fourth-order valence-electron chi connectivity index (χ4n) is 1.81. The van der Waals surface area contributed by atoms with Gasteiger partial charge in [-0.25, -0.2) is 0 Å². The van der Waals surface area contributed by atoms with Crippen molar-refractivity contribution in [1.29, 1.82) is 0 Å². The van der Waals surface area contributed by atoms with Crippen molar-refractivity contribution in [2.45, 2.75) is 39.7 Å². The molecule has 1 atom stereocenters. The molecule has 0 saturated heterocycles. The molecule has 1 amide bonds. The summed E-state index contributed by atoms with van der Waals surface area (Å²) in [5.41, 5.74) is 6.95. The SMILES string of the molecule is CCc1ccc(C(C)(NCC(C)C)C(N)=O)cc1. The fourth-order valence-corrected chi connectivity index (χ4v) is 1.81. The van der Waals surface area contributed by atoms with Gasteiger partial charge in [0.05, 0.1) is 0 Å². The third-order valence-corrected chi connectivity index (χ3v) is 3.30. The normalized spacial score (nSPS) is 14.5. The van der Waals surface area contributed by atoms with E-state index in [4.69, 9.17) is 5.73 Å². The second kappa shape index (κ2) is 6.01. The van der Waals surface area contributed by atoms with Crippen LogP contribution < -0.4 is 11.1 Å². The van der Waals surface area contributed by atoms with E-state index in [1.165, 1.54) is 5.56 Å². The second-order valence-corrected chi connectivity index (χ2v) is 5.31. The topological polar surface area (TPSA) is 55.1 Å². The Bertz CT molecular complexity index is 397. The van der Waals surface area contributed by atoms with Gasteiger partial charge in [-0.2, -0.15) is 0 Å². The first-order chi connectivity index (χ1) is 8.40. The van der Waals surface area contributed by atoms with E-state index in [1.807, 2.05) is 31.2 Å². The number of carbonyl (C=O) groups is 1. The Balaban J connectivity index is 2.98. The first kappa shape index (κ1) is 14.7. The summed E-state index contributed by atoms with van der Waals surface area (Å²) in [6.45, 7) is 8.93. The molecule has 0 radical (unpaired) electrons. The number of primary amides is 1. The lowest BCUT2D eigenvalue weighted by Crippen LogP contribution is -2.51. The molecule has 1 aromatic rings. The largest absolute Gasteiger partial charge is 0.368 e. The summed E-state index contributed by atoms with van der Waals surface area (Å²) in [6, 6.07) is 8.06. The smallest absolute Gasteiger partial charge is 0.242 e. The van der Waals surface area contributed by atoms with E-state index >= 15 is 0 Å². The number of hydrogen-bond acceptors (Lipinski definition) is 2. The summed E-state index contributed by atoms with van der Waals surface area (Å²) >= 11 is 0. The number of rotatable bonds is 6. The van der Waals surface area contributed by atoms with E-state index in [9.17, 15) is 4.79 Å². The van der Waals surface area contributed by atoms with Gasteiger partial charge in [-0.1, -0.05) is 45.0 Å². The molecule has 3 N–H and O–H groups in total. The minimum atomic E-state index is -0.795. The Morgan fingerprint density at radius 2 is 1.89 bits per heavy atom. The first-order valence-corrected chi connectivity index (χ1v) is 6.54. The second-order valence-electron chi connectivity index (χ2n) is 5.31. The molecule has 0 bridgehead atoms. The number of nitrogens with one attached hydrogen (secondary N) is 1. The number of amides is 1. The van der Waals surface area contributed by atoms with E-state index < -0.39 is 5.54 Å². The molecule has 0 heterocycles. The highest BCUT2D eigenvalue weighted by Gasteiger charge is 2.32. The van der Waals surface area contributed by atoms with Crippen LogP contribution in [0.5, 0.6) is 0 Å². The molecule has 0 aliphatic rings. The zero-order valence-electron chi connectivity index (χ0n) is 11.8.